The number of nitrogens with zero attached hydrogens (tertiary/aromatic N) is 2. The molecule has 2 atom stereocenters. The molecule has 1 aromatic heterocycles. The maximum Gasteiger partial charge on any atom is 0.321 e. The van der Waals surface area contributed by atoms with Crippen LogP contribution in [0, 0.1) is 5.92 Å². The van der Waals surface area contributed by atoms with Gasteiger partial charge < -0.3 is 11.1 Å². The standard InChI is InChI=1S/C14H25N5OS/c1-9(2)17-13(20)18-14-16-6-11(21-14)8-19-5-4-12(15)10(3)7-19/h6,9-10,12H,4-5,7-8,15H2,1-3H3,(H2,16,17,18,20). The van der Waals surface area contributed by atoms with Crippen LogP contribution in [-0.2, 0) is 6.54 Å². The van der Waals surface area contributed by atoms with Crippen LogP contribution in [0.3, 0.4) is 0 Å². The number of nitrogens with two attached hydrogens (primary N) is 1. The van der Waals surface area contributed by atoms with Crippen molar-refractivity contribution in [2.75, 3.05) is 18.4 Å². The molecule has 118 valence electrons. The quantitative estimate of drug-likeness (QED) is 0.792. The Morgan fingerprint density at radius 3 is 3.05 bits per heavy atom. The van der Waals surface area contributed by atoms with Gasteiger partial charge in [0, 0.05) is 42.8 Å². The van der Waals surface area contributed by atoms with Gasteiger partial charge in [-0.2, -0.15) is 0 Å². The lowest BCUT2D eigenvalue weighted by atomic mass is 9.95. The summed E-state index contributed by atoms with van der Waals surface area (Å²) < 4.78 is 0. The highest BCUT2D eigenvalue weighted by Gasteiger charge is 2.23. The first kappa shape index (κ1) is 16.2. The van der Waals surface area contributed by atoms with Crippen molar-refractivity contribution in [3.8, 4) is 0 Å². The minimum Gasteiger partial charge on any atom is -0.336 e. The van der Waals surface area contributed by atoms with Crippen LogP contribution in [0.4, 0.5) is 9.93 Å². The van der Waals surface area contributed by atoms with Gasteiger partial charge in [-0.15, -0.1) is 11.3 Å². The van der Waals surface area contributed by atoms with E-state index in [9.17, 15) is 4.79 Å². The van der Waals surface area contributed by atoms with Crippen LogP contribution in [-0.4, -0.2) is 41.1 Å². The third-order valence-electron chi connectivity index (χ3n) is 3.63. The monoisotopic (exact) mass is 311 g/mol. The van der Waals surface area contributed by atoms with Gasteiger partial charge in [0.2, 0.25) is 0 Å². The van der Waals surface area contributed by atoms with Crippen LogP contribution in [0.25, 0.3) is 0 Å². The van der Waals surface area contributed by atoms with Crippen LogP contribution in [0.2, 0.25) is 0 Å². The number of nitrogens with one attached hydrogen (secondary N) is 2. The molecule has 1 aromatic rings. The summed E-state index contributed by atoms with van der Waals surface area (Å²) in [6.45, 7) is 8.98. The fourth-order valence-corrected chi connectivity index (χ4v) is 3.30. The molecule has 0 aromatic carbocycles. The molecule has 21 heavy (non-hydrogen) atoms. The van der Waals surface area contributed by atoms with Crippen molar-refractivity contribution in [3.63, 3.8) is 0 Å². The van der Waals surface area contributed by atoms with Gasteiger partial charge in [-0.25, -0.2) is 9.78 Å². The normalized spacial score (nSPS) is 23.3. The zero-order valence-corrected chi connectivity index (χ0v) is 13.7. The number of hydrogen-bond donors (Lipinski definition) is 3. The lowest BCUT2D eigenvalue weighted by Crippen LogP contribution is -2.45. The summed E-state index contributed by atoms with van der Waals surface area (Å²) >= 11 is 1.53. The molecule has 0 spiro atoms. The molecule has 7 heteroatoms. The van der Waals surface area contributed by atoms with E-state index < -0.39 is 0 Å². The summed E-state index contributed by atoms with van der Waals surface area (Å²) in [5.74, 6) is 0.529. The summed E-state index contributed by atoms with van der Waals surface area (Å²) in [5.41, 5.74) is 6.04. The van der Waals surface area contributed by atoms with E-state index in [-0.39, 0.29) is 12.1 Å². The smallest absolute Gasteiger partial charge is 0.321 e. The van der Waals surface area contributed by atoms with E-state index in [1.54, 1.807) is 0 Å². The fourth-order valence-electron chi connectivity index (χ4n) is 2.45. The zero-order chi connectivity index (χ0) is 15.4. The van der Waals surface area contributed by atoms with Crippen molar-refractivity contribution in [2.24, 2.45) is 11.7 Å². The largest absolute Gasteiger partial charge is 0.336 e. The van der Waals surface area contributed by atoms with Gasteiger partial charge in [0.15, 0.2) is 5.13 Å². The van der Waals surface area contributed by atoms with Crippen molar-refractivity contribution < 1.29 is 4.79 Å². The van der Waals surface area contributed by atoms with Crippen LogP contribution < -0.4 is 16.4 Å². The van der Waals surface area contributed by atoms with Gasteiger partial charge in [-0.1, -0.05) is 6.92 Å². The van der Waals surface area contributed by atoms with E-state index in [2.05, 4.69) is 27.4 Å². The van der Waals surface area contributed by atoms with Crippen LogP contribution in [0.15, 0.2) is 6.20 Å². The summed E-state index contributed by atoms with van der Waals surface area (Å²) in [5, 5.41) is 6.19. The number of likely N-dealkylation sites (tertiary alicyclic amines) is 1. The third kappa shape index (κ3) is 4.94. The van der Waals surface area contributed by atoms with E-state index >= 15 is 0 Å². The average molecular weight is 311 g/mol. The second-order valence-corrected chi connectivity index (χ2v) is 7.17. The van der Waals surface area contributed by atoms with Crippen molar-refractivity contribution in [1.29, 1.82) is 0 Å². The Kier molecular flexibility index (Phi) is 5.55. The maximum absolute atomic E-state index is 11.6. The molecular formula is C14H25N5OS. The summed E-state index contributed by atoms with van der Waals surface area (Å²) in [7, 11) is 0. The number of amides is 2. The van der Waals surface area contributed by atoms with Gasteiger partial charge in [0.1, 0.15) is 0 Å². The van der Waals surface area contributed by atoms with Gasteiger partial charge in [-0.05, 0) is 26.2 Å². The van der Waals surface area contributed by atoms with E-state index in [0.717, 1.165) is 30.9 Å². The summed E-state index contributed by atoms with van der Waals surface area (Å²) in [6.07, 6.45) is 2.89. The fraction of sp³-hybridized carbons (Fsp3) is 0.714. The number of aromatic nitrogens is 1. The van der Waals surface area contributed by atoms with Crippen LogP contribution >= 0.6 is 11.3 Å². The number of piperidine rings is 1. The Balaban J connectivity index is 1.84. The molecule has 1 aliphatic rings. The first-order valence-electron chi connectivity index (χ1n) is 7.44. The van der Waals surface area contributed by atoms with Crippen molar-refractivity contribution in [3.05, 3.63) is 11.1 Å². The topological polar surface area (TPSA) is 83.3 Å². The minimum atomic E-state index is -0.205. The first-order valence-corrected chi connectivity index (χ1v) is 8.26. The SMILES string of the molecule is CC(C)NC(=O)Nc1ncc(CN2CCC(N)C(C)C2)s1. The molecule has 2 heterocycles. The molecule has 2 unspecified atom stereocenters. The Morgan fingerprint density at radius 1 is 1.62 bits per heavy atom. The molecule has 1 aliphatic heterocycles. The number of rotatable bonds is 4. The van der Waals surface area contributed by atoms with Gasteiger partial charge >= 0.3 is 6.03 Å². The molecule has 2 rings (SSSR count). The molecule has 0 saturated carbocycles. The van der Waals surface area contributed by atoms with Crippen molar-refractivity contribution in [2.45, 2.75) is 45.8 Å². The van der Waals surface area contributed by atoms with Gasteiger partial charge in [0.25, 0.3) is 0 Å². The number of thiazole rings is 1. The number of anilines is 1. The molecule has 0 radical (unpaired) electrons. The Bertz CT molecular complexity index is 476. The lowest BCUT2D eigenvalue weighted by molar-refractivity contribution is 0.159. The minimum absolute atomic E-state index is 0.114. The molecule has 1 fully saturated rings. The molecule has 6 nitrogen and oxygen atoms in total. The highest BCUT2D eigenvalue weighted by Crippen LogP contribution is 2.22. The number of carbonyl (C=O) groups is 1. The van der Waals surface area contributed by atoms with Crippen molar-refractivity contribution >= 4 is 22.5 Å². The van der Waals surface area contributed by atoms with Crippen LogP contribution in [0.5, 0.6) is 0 Å². The summed E-state index contributed by atoms with van der Waals surface area (Å²) in [6, 6.07) is 0.228. The van der Waals surface area contributed by atoms with E-state index in [1.807, 2.05) is 20.0 Å². The number of urea groups is 1. The molecular weight excluding hydrogens is 286 g/mol. The lowest BCUT2D eigenvalue weighted by Gasteiger charge is -2.34. The van der Waals surface area contributed by atoms with Gasteiger partial charge in [0.05, 0.1) is 0 Å². The molecule has 2 amide bonds. The second-order valence-electron chi connectivity index (χ2n) is 6.05. The van der Waals surface area contributed by atoms with E-state index in [4.69, 9.17) is 5.73 Å². The highest BCUT2D eigenvalue weighted by atomic mass is 32.1. The second kappa shape index (κ2) is 7.20. The molecule has 0 bridgehead atoms. The van der Waals surface area contributed by atoms with Crippen molar-refractivity contribution in [1.82, 2.24) is 15.2 Å². The summed E-state index contributed by atoms with van der Waals surface area (Å²) in [4.78, 5) is 19.4. The predicted octanol–water partition coefficient (Wildman–Crippen LogP) is 1.84. The third-order valence-corrected chi connectivity index (χ3v) is 4.53. The highest BCUT2D eigenvalue weighted by molar-refractivity contribution is 7.15. The number of carbonyl (C=O) groups excluding carboxylic acids is 1. The predicted molar refractivity (Wildman–Crippen MR) is 86.4 cm³/mol. The Labute approximate surface area is 130 Å². The Hall–Kier alpha value is -1.18. The number of hydrogen-bond acceptors (Lipinski definition) is 5. The first-order chi connectivity index (χ1) is 9.94. The zero-order valence-electron chi connectivity index (χ0n) is 12.9. The molecule has 4 N–H and O–H groups in total. The van der Waals surface area contributed by atoms with E-state index in [0.29, 0.717) is 17.1 Å². The average Bonchev–Trinajstić information content (AvgIpc) is 2.80. The Morgan fingerprint density at radius 2 is 2.38 bits per heavy atom. The van der Waals surface area contributed by atoms with E-state index in [1.165, 1.54) is 11.3 Å². The molecule has 0 aliphatic carbocycles. The maximum atomic E-state index is 11.6. The van der Waals surface area contributed by atoms with Gasteiger partial charge in [-0.3, -0.25) is 10.2 Å². The van der Waals surface area contributed by atoms with Crippen LogP contribution in [0.1, 0.15) is 32.1 Å². The molecule has 1 saturated heterocycles.